The lowest BCUT2D eigenvalue weighted by Gasteiger charge is -2.12. The van der Waals surface area contributed by atoms with Gasteiger partial charge in [0.15, 0.2) is 22.9 Å². The lowest BCUT2D eigenvalue weighted by molar-refractivity contribution is 0.101. The molecule has 1 aromatic carbocycles. The molecule has 1 amide bonds. The monoisotopic (exact) mass is 558 g/mol. The number of nitrogens with zero attached hydrogens (tertiary/aromatic N) is 6. The van der Waals surface area contributed by atoms with Crippen molar-refractivity contribution in [2.75, 3.05) is 45.6 Å². The minimum Gasteiger partial charge on any atom is -0.493 e. The highest BCUT2D eigenvalue weighted by atomic mass is 16.5. The SMILES string of the molecule is COCCOc1cn(-c2cnc(N)nc2)nc1C(=O)Nc1ccc(Oc2ccnc3cc(OC)c(OC)cc23)cn1. The first-order valence-electron chi connectivity index (χ1n) is 12.2. The molecule has 0 aliphatic heterocycles. The number of nitrogens with two attached hydrogens (primary N) is 1. The van der Waals surface area contributed by atoms with Crippen LogP contribution in [-0.2, 0) is 4.74 Å². The zero-order valence-corrected chi connectivity index (χ0v) is 22.4. The lowest BCUT2D eigenvalue weighted by Crippen LogP contribution is -2.16. The second-order valence-electron chi connectivity index (χ2n) is 8.40. The summed E-state index contributed by atoms with van der Waals surface area (Å²) in [6, 6.07) is 8.58. The summed E-state index contributed by atoms with van der Waals surface area (Å²) in [5, 5.41) is 7.81. The second-order valence-corrected chi connectivity index (χ2v) is 8.40. The van der Waals surface area contributed by atoms with Gasteiger partial charge in [-0.25, -0.2) is 19.6 Å². The van der Waals surface area contributed by atoms with E-state index in [2.05, 4.69) is 30.4 Å². The zero-order chi connectivity index (χ0) is 28.8. The molecule has 0 bridgehead atoms. The van der Waals surface area contributed by atoms with Gasteiger partial charge in [-0.2, -0.15) is 5.10 Å². The van der Waals surface area contributed by atoms with Gasteiger partial charge in [0.25, 0.3) is 5.91 Å². The van der Waals surface area contributed by atoms with Crippen LogP contribution in [0.1, 0.15) is 10.5 Å². The van der Waals surface area contributed by atoms with Crippen molar-refractivity contribution in [2.24, 2.45) is 0 Å². The predicted octanol–water partition coefficient (Wildman–Crippen LogP) is 3.27. The molecule has 41 heavy (non-hydrogen) atoms. The van der Waals surface area contributed by atoms with Crippen LogP contribution < -0.4 is 30.0 Å². The van der Waals surface area contributed by atoms with Gasteiger partial charge in [0.05, 0.1) is 51.1 Å². The molecule has 210 valence electrons. The number of amides is 1. The number of carbonyl (C=O) groups is 1. The Kier molecular flexibility index (Phi) is 8.01. The average molecular weight is 559 g/mol. The van der Waals surface area contributed by atoms with Crippen molar-refractivity contribution >= 4 is 28.6 Å². The standard InChI is InChI=1S/C27H26N8O6/c1-37-8-9-40-23-15-35(16-12-31-27(28)32-13-16)34-25(23)26(36)33-24-5-4-17(14-30-24)41-20-6-7-29-19-11-22(39-3)21(38-2)10-18(19)20/h4-7,10-15H,8-9H2,1-3H3,(H2,28,31,32)(H,30,33,36). The lowest BCUT2D eigenvalue weighted by atomic mass is 10.2. The Bertz CT molecular complexity index is 1660. The third-order valence-corrected chi connectivity index (χ3v) is 5.78. The highest BCUT2D eigenvalue weighted by Gasteiger charge is 2.20. The molecule has 4 aromatic heterocycles. The molecule has 14 nitrogen and oxygen atoms in total. The first-order valence-corrected chi connectivity index (χ1v) is 12.2. The number of hydrogen-bond acceptors (Lipinski definition) is 12. The van der Waals surface area contributed by atoms with Gasteiger partial charge < -0.3 is 34.7 Å². The van der Waals surface area contributed by atoms with E-state index >= 15 is 0 Å². The van der Waals surface area contributed by atoms with E-state index in [1.807, 2.05) is 0 Å². The van der Waals surface area contributed by atoms with Crippen LogP contribution in [0.15, 0.2) is 61.3 Å². The molecule has 5 aromatic rings. The summed E-state index contributed by atoms with van der Waals surface area (Å²) in [6.45, 7) is 0.542. The summed E-state index contributed by atoms with van der Waals surface area (Å²) in [5.41, 5.74) is 6.77. The number of anilines is 2. The van der Waals surface area contributed by atoms with E-state index in [-0.39, 0.29) is 29.8 Å². The second kappa shape index (κ2) is 12.1. The van der Waals surface area contributed by atoms with Crippen LogP contribution >= 0.6 is 0 Å². The Hall–Kier alpha value is -5.50. The summed E-state index contributed by atoms with van der Waals surface area (Å²) in [4.78, 5) is 29.8. The van der Waals surface area contributed by atoms with E-state index in [1.54, 1.807) is 64.1 Å². The number of nitrogens with one attached hydrogen (secondary N) is 1. The van der Waals surface area contributed by atoms with Gasteiger partial charge in [-0.05, 0) is 24.3 Å². The van der Waals surface area contributed by atoms with E-state index < -0.39 is 5.91 Å². The molecule has 5 rings (SSSR count). The summed E-state index contributed by atoms with van der Waals surface area (Å²) < 4.78 is 29.0. The number of ether oxygens (including phenoxy) is 5. The molecule has 14 heteroatoms. The number of rotatable bonds is 11. The van der Waals surface area contributed by atoms with Crippen molar-refractivity contribution in [2.45, 2.75) is 0 Å². The van der Waals surface area contributed by atoms with Crippen LogP contribution in [0.4, 0.5) is 11.8 Å². The minimum absolute atomic E-state index is 0.0349. The third kappa shape index (κ3) is 6.07. The normalized spacial score (nSPS) is 10.8. The van der Waals surface area contributed by atoms with Crippen molar-refractivity contribution in [3.05, 3.63) is 67.0 Å². The summed E-state index contributed by atoms with van der Waals surface area (Å²) in [6.07, 6.45) is 7.63. The number of benzene rings is 1. The zero-order valence-electron chi connectivity index (χ0n) is 22.4. The van der Waals surface area contributed by atoms with Crippen molar-refractivity contribution in [1.82, 2.24) is 29.7 Å². The number of hydrogen-bond donors (Lipinski definition) is 2. The fourth-order valence-electron chi connectivity index (χ4n) is 3.79. The van der Waals surface area contributed by atoms with Gasteiger partial charge in [0, 0.05) is 24.8 Å². The molecule has 4 heterocycles. The maximum atomic E-state index is 13.2. The van der Waals surface area contributed by atoms with Crippen LogP contribution in [0.3, 0.4) is 0 Å². The molecule has 0 saturated carbocycles. The highest BCUT2D eigenvalue weighted by molar-refractivity contribution is 6.04. The smallest absolute Gasteiger partial charge is 0.281 e. The largest absolute Gasteiger partial charge is 0.493 e. The van der Waals surface area contributed by atoms with Gasteiger partial charge in [-0.3, -0.25) is 9.78 Å². The molecule has 0 atom stereocenters. The maximum Gasteiger partial charge on any atom is 0.281 e. The topological polar surface area (TPSA) is 171 Å². The Labute approximate surface area is 234 Å². The molecule has 0 aliphatic rings. The maximum absolute atomic E-state index is 13.2. The van der Waals surface area contributed by atoms with Gasteiger partial charge in [0.2, 0.25) is 5.95 Å². The van der Waals surface area contributed by atoms with E-state index in [1.165, 1.54) is 23.3 Å². The summed E-state index contributed by atoms with van der Waals surface area (Å²) in [7, 11) is 4.67. The molecule has 0 saturated heterocycles. The van der Waals surface area contributed by atoms with Crippen LogP contribution in [0.2, 0.25) is 0 Å². The molecular weight excluding hydrogens is 532 g/mol. The van der Waals surface area contributed by atoms with Crippen LogP contribution in [0.5, 0.6) is 28.7 Å². The van der Waals surface area contributed by atoms with Crippen LogP contribution in [0, 0.1) is 0 Å². The highest BCUT2D eigenvalue weighted by Crippen LogP contribution is 2.36. The third-order valence-electron chi connectivity index (χ3n) is 5.78. The molecule has 0 fully saturated rings. The Morgan fingerprint density at radius 3 is 2.39 bits per heavy atom. The fourth-order valence-corrected chi connectivity index (χ4v) is 3.79. The number of pyridine rings is 2. The van der Waals surface area contributed by atoms with E-state index in [0.717, 1.165) is 5.39 Å². The first kappa shape index (κ1) is 27.1. The molecule has 3 N–H and O–H groups in total. The number of nitrogen functional groups attached to an aromatic ring is 1. The van der Waals surface area contributed by atoms with Gasteiger partial charge in [-0.1, -0.05) is 0 Å². The van der Waals surface area contributed by atoms with Crippen LogP contribution in [0.25, 0.3) is 16.6 Å². The Morgan fingerprint density at radius 1 is 0.902 bits per heavy atom. The van der Waals surface area contributed by atoms with E-state index in [0.29, 0.717) is 40.8 Å². The number of methoxy groups -OCH3 is 3. The summed E-state index contributed by atoms with van der Waals surface area (Å²) >= 11 is 0. The molecular formula is C27H26N8O6. The van der Waals surface area contributed by atoms with Crippen LogP contribution in [-0.4, -0.2) is 70.2 Å². The minimum atomic E-state index is -0.533. The van der Waals surface area contributed by atoms with Gasteiger partial charge in [0.1, 0.15) is 29.6 Å². The fraction of sp³-hybridized carbons (Fsp3) is 0.185. The van der Waals surface area contributed by atoms with Gasteiger partial charge >= 0.3 is 0 Å². The first-order chi connectivity index (χ1) is 20.0. The number of fused-ring (bicyclic) bond motifs is 1. The number of aromatic nitrogens is 6. The van der Waals surface area contributed by atoms with E-state index in [4.69, 9.17) is 29.4 Å². The Morgan fingerprint density at radius 2 is 1.68 bits per heavy atom. The Balaban J connectivity index is 1.34. The molecule has 0 radical (unpaired) electrons. The van der Waals surface area contributed by atoms with Crippen molar-refractivity contribution in [3.63, 3.8) is 0 Å². The predicted molar refractivity (Wildman–Crippen MR) is 148 cm³/mol. The van der Waals surface area contributed by atoms with E-state index in [9.17, 15) is 4.79 Å². The van der Waals surface area contributed by atoms with Gasteiger partial charge in [-0.15, -0.1) is 0 Å². The quantitative estimate of drug-likeness (QED) is 0.227. The molecule has 0 unspecified atom stereocenters. The molecule has 0 spiro atoms. The summed E-state index contributed by atoms with van der Waals surface area (Å²) in [5.74, 6) is 2.21. The number of carbonyl (C=O) groups excluding carboxylic acids is 1. The van der Waals surface area contributed by atoms with Crippen molar-refractivity contribution < 1.29 is 28.5 Å². The average Bonchev–Trinajstić information content (AvgIpc) is 3.42. The van der Waals surface area contributed by atoms with Crippen molar-refractivity contribution in [1.29, 1.82) is 0 Å². The molecule has 0 aliphatic carbocycles. The van der Waals surface area contributed by atoms with Crippen molar-refractivity contribution in [3.8, 4) is 34.4 Å².